The highest BCUT2D eigenvalue weighted by Gasteiger charge is 2.33. The number of benzene rings is 1. The van der Waals surface area contributed by atoms with E-state index in [1.807, 2.05) is 4.90 Å². The fourth-order valence-corrected chi connectivity index (χ4v) is 5.03. The minimum atomic E-state index is -4.40. The van der Waals surface area contributed by atoms with E-state index >= 15 is 0 Å². The molecule has 1 aliphatic heterocycles. The fourth-order valence-electron chi connectivity index (χ4n) is 3.26. The van der Waals surface area contributed by atoms with Gasteiger partial charge < -0.3 is 4.42 Å². The van der Waals surface area contributed by atoms with Gasteiger partial charge in [-0.3, -0.25) is 4.90 Å². The molecule has 5 nitrogen and oxygen atoms in total. The molecule has 1 aromatic carbocycles. The van der Waals surface area contributed by atoms with Crippen LogP contribution in [-0.2, 0) is 22.6 Å². The van der Waals surface area contributed by atoms with Crippen LogP contribution < -0.4 is 0 Å². The van der Waals surface area contributed by atoms with Crippen LogP contribution in [0.1, 0.15) is 23.4 Å². The van der Waals surface area contributed by atoms with Gasteiger partial charge >= 0.3 is 6.18 Å². The van der Waals surface area contributed by atoms with Crippen LogP contribution in [0, 0.1) is 6.92 Å². The number of rotatable bonds is 6. The Hall–Kier alpha value is -2.13. The van der Waals surface area contributed by atoms with Gasteiger partial charge in [0.15, 0.2) is 9.84 Å². The van der Waals surface area contributed by atoms with Crippen molar-refractivity contribution in [3.05, 3.63) is 53.9 Å². The van der Waals surface area contributed by atoms with Crippen molar-refractivity contribution in [2.45, 2.75) is 32.1 Å². The lowest BCUT2D eigenvalue weighted by molar-refractivity contribution is -0.137. The van der Waals surface area contributed by atoms with Gasteiger partial charge in [0.2, 0.25) is 5.89 Å². The molecule has 9 heteroatoms. The molecule has 2 heterocycles. The number of hydrogen-bond acceptors (Lipinski definition) is 5. The number of halogens is 3. The van der Waals surface area contributed by atoms with E-state index in [1.165, 1.54) is 12.1 Å². The van der Waals surface area contributed by atoms with Crippen molar-refractivity contribution < 1.29 is 26.0 Å². The zero-order valence-electron chi connectivity index (χ0n) is 15.4. The van der Waals surface area contributed by atoms with Crippen LogP contribution in [0.15, 0.2) is 41.3 Å². The molecule has 0 radical (unpaired) electrons. The number of aromatic nitrogens is 1. The molecule has 0 spiro atoms. The van der Waals surface area contributed by atoms with Gasteiger partial charge in [0.1, 0.15) is 5.76 Å². The number of aryl methyl sites for hydroxylation is 1. The van der Waals surface area contributed by atoms with E-state index in [-0.39, 0.29) is 23.4 Å². The van der Waals surface area contributed by atoms with Crippen molar-refractivity contribution in [1.29, 1.82) is 0 Å². The summed E-state index contributed by atoms with van der Waals surface area (Å²) in [5, 5.41) is 0. The number of hydrogen-bond donors (Lipinski definition) is 0. The highest BCUT2D eigenvalue weighted by atomic mass is 32.2. The zero-order chi connectivity index (χ0) is 20.5. The molecule has 2 aromatic rings. The molecule has 3 rings (SSSR count). The third kappa shape index (κ3) is 4.64. The average molecular weight is 414 g/mol. The predicted octanol–water partition coefficient (Wildman–Crippen LogP) is 3.84. The van der Waals surface area contributed by atoms with Crippen molar-refractivity contribution in [1.82, 2.24) is 9.88 Å². The van der Waals surface area contributed by atoms with E-state index < -0.39 is 21.6 Å². The van der Waals surface area contributed by atoms with Gasteiger partial charge in [-0.05, 0) is 37.6 Å². The summed E-state index contributed by atoms with van der Waals surface area (Å²) in [6.07, 6.45) is -2.14. The SMILES string of the molecule is C=CCN(Cc1nc(-c2ccc(C(F)(F)F)cc2)oc1C)[C@@H]1CCS(=O)(=O)C1. The molecule has 28 heavy (non-hydrogen) atoms. The van der Waals surface area contributed by atoms with Crippen molar-refractivity contribution >= 4 is 9.84 Å². The minimum absolute atomic E-state index is 0.101. The van der Waals surface area contributed by atoms with Crippen LogP contribution in [0.2, 0.25) is 0 Å². The van der Waals surface area contributed by atoms with Crippen molar-refractivity contribution in [3.8, 4) is 11.5 Å². The second-order valence-electron chi connectivity index (χ2n) is 6.87. The molecule has 0 bridgehead atoms. The standard InChI is InChI=1S/C19H21F3N2O3S/c1-3-9-24(16-8-10-28(25,26)12-16)11-17-13(2)27-18(23-17)14-4-6-15(7-5-14)19(20,21)22/h3-7,16H,1,8-12H2,2H3/t16-/m1/s1. The summed E-state index contributed by atoms with van der Waals surface area (Å²) >= 11 is 0. The summed E-state index contributed by atoms with van der Waals surface area (Å²) in [7, 11) is -3.03. The summed E-state index contributed by atoms with van der Waals surface area (Å²) < 4.78 is 67.4. The molecule has 0 aliphatic carbocycles. The molecule has 0 unspecified atom stereocenters. The normalized spacial score (nSPS) is 19.2. The summed E-state index contributed by atoms with van der Waals surface area (Å²) in [6, 6.07) is 4.50. The first kappa shape index (κ1) is 20.6. The number of oxazole rings is 1. The molecule has 1 saturated heterocycles. The molecule has 152 valence electrons. The van der Waals surface area contributed by atoms with Crippen molar-refractivity contribution in [2.24, 2.45) is 0 Å². The highest BCUT2D eigenvalue weighted by Crippen LogP contribution is 2.31. The molecule has 1 atom stereocenters. The maximum atomic E-state index is 12.7. The zero-order valence-corrected chi connectivity index (χ0v) is 16.2. The molecular formula is C19H21F3N2O3S. The van der Waals surface area contributed by atoms with Gasteiger partial charge in [0.25, 0.3) is 0 Å². The largest absolute Gasteiger partial charge is 0.441 e. The molecule has 1 aliphatic rings. The third-order valence-corrected chi connectivity index (χ3v) is 6.54. The maximum Gasteiger partial charge on any atom is 0.416 e. The fraction of sp³-hybridized carbons (Fsp3) is 0.421. The van der Waals surface area contributed by atoms with E-state index in [9.17, 15) is 21.6 Å². The van der Waals surface area contributed by atoms with Crippen LogP contribution in [-0.4, -0.2) is 42.4 Å². The quantitative estimate of drug-likeness (QED) is 0.672. The summed E-state index contributed by atoms with van der Waals surface area (Å²) in [5.74, 6) is 1.05. The van der Waals surface area contributed by atoms with Crippen LogP contribution >= 0.6 is 0 Å². The Labute approximate surface area is 161 Å². The Balaban J connectivity index is 1.80. The summed E-state index contributed by atoms with van der Waals surface area (Å²) in [6.45, 7) is 6.34. The third-order valence-electron chi connectivity index (χ3n) is 4.79. The molecule has 1 aromatic heterocycles. The molecule has 0 amide bonds. The summed E-state index contributed by atoms with van der Waals surface area (Å²) in [5.41, 5.74) is 0.335. The second-order valence-corrected chi connectivity index (χ2v) is 9.10. The molecule has 0 N–H and O–H groups in total. The Bertz CT molecular complexity index is 950. The highest BCUT2D eigenvalue weighted by molar-refractivity contribution is 7.91. The van der Waals surface area contributed by atoms with Crippen molar-refractivity contribution in [2.75, 3.05) is 18.1 Å². The summed E-state index contributed by atoms with van der Waals surface area (Å²) in [4.78, 5) is 6.41. The molecule has 1 fully saturated rings. The first-order chi connectivity index (χ1) is 13.1. The van der Waals surface area contributed by atoms with E-state index in [2.05, 4.69) is 11.6 Å². The average Bonchev–Trinajstić information content (AvgIpc) is 3.16. The first-order valence-electron chi connectivity index (χ1n) is 8.78. The van der Waals surface area contributed by atoms with E-state index in [0.29, 0.717) is 36.5 Å². The van der Waals surface area contributed by atoms with Crippen LogP contribution in [0.5, 0.6) is 0 Å². The second kappa shape index (κ2) is 7.71. The topological polar surface area (TPSA) is 63.4 Å². The van der Waals surface area contributed by atoms with Gasteiger partial charge in [0.05, 0.1) is 22.8 Å². The van der Waals surface area contributed by atoms with E-state index in [4.69, 9.17) is 4.42 Å². The number of alkyl halides is 3. The number of nitrogens with zero attached hydrogens (tertiary/aromatic N) is 2. The van der Waals surface area contributed by atoms with Crippen molar-refractivity contribution in [3.63, 3.8) is 0 Å². The van der Waals surface area contributed by atoms with Crippen LogP contribution in [0.25, 0.3) is 11.5 Å². The Morgan fingerprint density at radius 3 is 2.54 bits per heavy atom. The smallest absolute Gasteiger partial charge is 0.416 e. The predicted molar refractivity (Wildman–Crippen MR) is 99.3 cm³/mol. The molecule has 0 saturated carbocycles. The van der Waals surface area contributed by atoms with Crippen LogP contribution in [0.4, 0.5) is 13.2 Å². The van der Waals surface area contributed by atoms with Gasteiger partial charge in [-0.2, -0.15) is 13.2 Å². The van der Waals surface area contributed by atoms with Gasteiger partial charge in [0, 0.05) is 24.7 Å². The lowest BCUT2D eigenvalue weighted by Crippen LogP contribution is -2.36. The van der Waals surface area contributed by atoms with E-state index in [0.717, 1.165) is 12.1 Å². The molecular weight excluding hydrogens is 393 g/mol. The maximum absolute atomic E-state index is 12.7. The van der Waals surface area contributed by atoms with Gasteiger partial charge in [-0.15, -0.1) is 6.58 Å². The number of sulfone groups is 1. The van der Waals surface area contributed by atoms with Gasteiger partial charge in [-0.25, -0.2) is 13.4 Å². The van der Waals surface area contributed by atoms with E-state index in [1.54, 1.807) is 13.0 Å². The first-order valence-corrected chi connectivity index (χ1v) is 10.6. The Morgan fingerprint density at radius 2 is 2.00 bits per heavy atom. The lowest BCUT2D eigenvalue weighted by Gasteiger charge is -2.25. The monoisotopic (exact) mass is 414 g/mol. The Kier molecular flexibility index (Phi) is 5.67. The Morgan fingerprint density at radius 1 is 1.32 bits per heavy atom. The van der Waals surface area contributed by atoms with Crippen LogP contribution in [0.3, 0.4) is 0 Å². The minimum Gasteiger partial charge on any atom is -0.441 e. The lowest BCUT2D eigenvalue weighted by atomic mass is 10.1. The van der Waals surface area contributed by atoms with Gasteiger partial charge in [-0.1, -0.05) is 6.08 Å².